The van der Waals surface area contributed by atoms with Crippen LogP contribution in [0.5, 0.6) is 0 Å². The Kier molecular flexibility index (Phi) is 3.09. The molecule has 0 aliphatic heterocycles. The number of carbonyl (C=O) groups is 1. The molecule has 68 valence electrons. The smallest absolute Gasteiger partial charge is 0.241 e. The molecule has 0 aromatic heterocycles. The summed E-state index contributed by atoms with van der Waals surface area (Å²) in [6.07, 6.45) is 2.90. The van der Waals surface area contributed by atoms with Crippen LogP contribution in [0.3, 0.4) is 0 Å². The van der Waals surface area contributed by atoms with E-state index in [1.54, 1.807) is 12.1 Å². The minimum Gasteiger partial charge on any atom is -0.366 e. The molecule has 3 heteroatoms. The second kappa shape index (κ2) is 4.10. The minimum absolute atomic E-state index is 0.474. The Morgan fingerprint density at radius 3 is 2.85 bits per heavy atom. The number of aryl methyl sites for hydroxylation is 1. The number of hydrogen-bond acceptors (Lipinski definition) is 1. The predicted molar refractivity (Wildman–Crippen MR) is 54.4 cm³/mol. The highest BCUT2D eigenvalue weighted by molar-refractivity contribution is 6.32. The van der Waals surface area contributed by atoms with Gasteiger partial charge >= 0.3 is 0 Å². The molecule has 1 aromatic rings. The van der Waals surface area contributed by atoms with Gasteiger partial charge in [-0.15, -0.1) is 0 Å². The maximum atomic E-state index is 10.5. The van der Waals surface area contributed by atoms with Gasteiger partial charge in [-0.1, -0.05) is 29.3 Å². The van der Waals surface area contributed by atoms with Crippen LogP contribution in [0, 0.1) is 6.92 Å². The van der Waals surface area contributed by atoms with Gasteiger partial charge in [0.15, 0.2) is 0 Å². The molecule has 1 amide bonds. The first-order chi connectivity index (χ1) is 6.09. The highest BCUT2D eigenvalue weighted by Crippen LogP contribution is 2.18. The highest BCUT2D eigenvalue weighted by atomic mass is 35.5. The molecule has 1 aromatic carbocycles. The molecule has 0 saturated heterocycles. The van der Waals surface area contributed by atoms with E-state index in [4.69, 9.17) is 17.3 Å². The van der Waals surface area contributed by atoms with E-state index in [0.29, 0.717) is 5.02 Å². The summed E-state index contributed by atoms with van der Waals surface area (Å²) in [7, 11) is 0. The quantitative estimate of drug-likeness (QED) is 0.722. The second-order valence-electron chi connectivity index (χ2n) is 2.76. The zero-order chi connectivity index (χ0) is 9.84. The highest BCUT2D eigenvalue weighted by Gasteiger charge is 1.96. The standard InChI is InChI=1S/C10H10ClNO/c1-7-2-4-9(11)8(6-7)3-5-10(12)13/h2-6H,1H3,(H2,12,13). The molecule has 1 rings (SSSR count). The third-order valence-electron chi connectivity index (χ3n) is 1.58. The number of benzene rings is 1. The third-order valence-corrected chi connectivity index (χ3v) is 1.92. The molecular weight excluding hydrogens is 186 g/mol. The molecule has 0 spiro atoms. The van der Waals surface area contributed by atoms with Crippen molar-refractivity contribution >= 4 is 23.6 Å². The summed E-state index contributed by atoms with van der Waals surface area (Å²) in [6, 6.07) is 5.59. The lowest BCUT2D eigenvalue weighted by atomic mass is 10.1. The van der Waals surface area contributed by atoms with Crippen molar-refractivity contribution in [2.75, 3.05) is 0 Å². The summed E-state index contributed by atoms with van der Waals surface area (Å²) in [6.45, 7) is 1.96. The number of carbonyl (C=O) groups excluding carboxylic acids is 1. The van der Waals surface area contributed by atoms with Gasteiger partial charge < -0.3 is 5.73 Å². The van der Waals surface area contributed by atoms with Crippen molar-refractivity contribution in [1.82, 2.24) is 0 Å². The average Bonchev–Trinajstić information content (AvgIpc) is 2.06. The summed E-state index contributed by atoms with van der Waals surface area (Å²) >= 11 is 5.88. The number of primary amides is 1. The van der Waals surface area contributed by atoms with Crippen LogP contribution in [0.2, 0.25) is 5.02 Å². The van der Waals surface area contributed by atoms with E-state index in [0.717, 1.165) is 11.1 Å². The molecule has 0 fully saturated rings. The van der Waals surface area contributed by atoms with E-state index < -0.39 is 5.91 Å². The van der Waals surface area contributed by atoms with Crippen molar-refractivity contribution in [1.29, 1.82) is 0 Å². The molecule has 2 nitrogen and oxygen atoms in total. The molecule has 13 heavy (non-hydrogen) atoms. The normalized spacial score (nSPS) is 10.6. The molecule has 0 atom stereocenters. The zero-order valence-electron chi connectivity index (χ0n) is 7.25. The summed E-state index contributed by atoms with van der Waals surface area (Å²) in [5.74, 6) is -0.474. The predicted octanol–water partition coefficient (Wildman–Crippen LogP) is 2.15. The van der Waals surface area contributed by atoms with Gasteiger partial charge in [0, 0.05) is 11.1 Å². The Morgan fingerprint density at radius 1 is 1.54 bits per heavy atom. The van der Waals surface area contributed by atoms with Crippen LogP contribution in [0.4, 0.5) is 0 Å². The van der Waals surface area contributed by atoms with Crippen molar-refractivity contribution < 1.29 is 4.79 Å². The van der Waals surface area contributed by atoms with Crippen LogP contribution in [-0.4, -0.2) is 5.91 Å². The largest absolute Gasteiger partial charge is 0.366 e. The third kappa shape index (κ3) is 2.92. The second-order valence-corrected chi connectivity index (χ2v) is 3.17. The van der Waals surface area contributed by atoms with Crippen LogP contribution < -0.4 is 5.73 Å². The number of hydrogen-bond donors (Lipinski definition) is 1. The van der Waals surface area contributed by atoms with Crippen LogP contribution in [0.1, 0.15) is 11.1 Å². The number of rotatable bonds is 2. The maximum absolute atomic E-state index is 10.5. The van der Waals surface area contributed by atoms with Gasteiger partial charge in [0.2, 0.25) is 5.91 Å². The first-order valence-corrected chi connectivity index (χ1v) is 4.21. The average molecular weight is 196 g/mol. The molecular formula is C10H10ClNO. The Balaban J connectivity index is 3.00. The van der Waals surface area contributed by atoms with Crippen LogP contribution in [0.15, 0.2) is 24.3 Å². The summed E-state index contributed by atoms with van der Waals surface area (Å²) in [5.41, 5.74) is 6.86. The Labute approximate surface area is 82.0 Å². The molecule has 0 saturated carbocycles. The maximum Gasteiger partial charge on any atom is 0.241 e. The Hall–Kier alpha value is -1.28. The van der Waals surface area contributed by atoms with Crippen molar-refractivity contribution in [2.45, 2.75) is 6.92 Å². The summed E-state index contributed by atoms with van der Waals surface area (Å²) in [5, 5.41) is 0.614. The van der Waals surface area contributed by atoms with E-state index in [-0.39, 0.29) is 0 Å². The van der Waals surface area contributed by atoms with Gasteiger partial charge in [-0.05, 0) is 24.6 Å². The van der Waals surface area contributed by atoms with E-state index in [1.807, 2.05) is 19.1 Å². The minimum atomic E-state index is -0.474. The summed E-state index contributed by atoms with van der Waals surface area (Å²) in [4.78, 5) is 10.5. The van der Waals surface area contributed by atoms with Gasteiger partial charge in [-0.3, -0.25) is 4.79 Å². The van der Waals surface area contributed by atoms with Gasteiger partial charge in [-0.25, -0.2) is 0 Å². The van der Waals surface area contributed by atoms with Crippen molar-refractivity contribution in [3.05, 3.63) is 40.4 Å². The first-order valence-electron chi connectivity index (χ1n) is 3.83. The molecule has 0 unspecified atom stereocenters. The lowest BCUT2D eigenvalue weighted by molar-refractivity contribution is -0.113. The zero-order valence-corrected chi connectivity index (χ0v) is 8.01. The molecule has 0 aliphatic rings. The monoisotopic (exact) mass is 195 g/mol. The van der Waals surface area contributed by atoms with E-state index in [9.17, 15) is 4.79 Å². The molecule has 0 bridgehead atoms. The first kappa shape index (κ1) is 9.81. The van der Waals surface area contributed by atoms with E-state index in [1.165, 1.54) is 6.08 Å². The van der Waals surface area contributed by atoms with E-state index in [2.05, 4.69) is 0 Å². The summed E-state index contributed by atoms with van der Waals surface area (Å²) < 4.78 is 0. The molecule has 0 aliphatic carbocycles. The molecule has 0 radical (unpaired) electrons. The number of amides is 1. The van der Waals surface area contributed by atoms with Crippen molar-refractivity contribution in [3.63, 3.8) is 0 Å². The lowest BCUT2D eigenvalue weighted by Gasteiger charge is -1.98. The van der Waals surface area contributed by atoms with Crippen molar-refractivity contribution in [3.8, 4) is 0 Å². The fourth-order valence-electron chi connectivity index (χ4n) is 0.963. The fourth-order valence-corrected chi connectivity index (χ4v) is 1.14. The lowest BCUT2D eigenvalue weighted by Crippen LogP contribution is -2.05. The van der Waals surface area contributed by atoms with E-state index >= 15 is 0 Å². The van der Waals surface area contributed by atoms with Crippen molar-refractivity contribution in [2.24, 2.45) is 5.73 Å². The van der Waals surface area contributed by atoms with Crippen LogP contribution in [0.25, 0.3) is 6.08 Å². The Bertz CT molecular complexity index is 358. The topological polar surface area (TPSA) is 43.1 Å². The van der Waals surface area contributed by atoms with Gasteiger partial charge in [0.25, 0.3) is 0 Å². The molecule has 2 N–H and O–H groups in total. The SMILES string of the molecule is Cc1ccc(Cl)c(C=CC(N)=O)c1. The van der Waals surface area contributed by atoms with Crippen LogP contribution in [-0.2, 0) is 4.79 Å². The number of halogens is 1. The van der Waals surface area contributed by atoms with Gasteiger partial charge in [0.1, 0.15) is 0 Å². The fraction of sp³-hybridized carbons (Fsp3) is 0.100. The Morgan fingerprint density at radius 2 is 2.23 bits per heavy atom. The van der Waals surface area contributed by atoms with Crippen LogP contribution >= 0.6 is 11.6 Å². The molecule has 0 heterocycles. The number of nitrogens with two attached hydrogens (primary N) is 1. The van der Waals surface area contributed by atoms with Gasteiger partial charge in [-0.2, -0.15) is 0 Å². The van der Waals surface area contributed by atoms with Gasteiger partial charge in [0.05, 0.1) is 0 Å².